The minimum Gasteiger partial charge on any atom is -0.496 e. The quantitative estimate of drug-likeness (QED) is 0.801. The minimum atomic E-state index is -0.703. The van der Waals surface area contributed by atoms with Crippen molar-refractivity contribution in [2.75, 3.05) is 26.1 Å². The van der Waals surface area contributed by atoms with Crippen LogP contribution < -0.4 is 14.8 Å². The van der Waals surface area contributed by atoms with Gasteiger partial charge in [-0.05, 0) is 48.5 Å². The van der Waals surface area contributed by atoms with E-state index in [1.165, 1.54) is 5.56 Å². The molecule has 1 aliphatic heterocycles. The lowest BCUT2D eigenvalue weighted by molar-refractivity contribution is 0.123. The molecule has 2 aromatic carbocycles. The average molecular weight is 372 g/mol. The number of aryl methyl sites for hydroxylation is 1. The van der Waals surface area contributed by atoms with Gasteiger partial charge in [-0.15, -0.1) is 0 Å². The molecule has 2 N–H and O–H groups in total. The Morgan fingerprint density at radius 1 is 1.23 bits per heavy atom. The number of methoxy groups -OCH3 is 2. The van der Waals surface area contributed by atoms with Crippen LogP contribution in [0.2, 0.25) is 0 Å². The van der Waals surface area contributed by atoms with Crippen LogP contribution in [0.1, 0.15) is 29.7 Å². The Bertz CT molecular complexity index is 810. The van der Waals surface area contributed by atoms with E-state index in [0.29, 0.717) is 24.0 Å². The summed E-state index contributed by atoms with van der Waals surface area (Å²) in [4.78, 5) is 1.95. The third-order valence-corrected chi connectivity index (χ3v) is 5.02. The van der Waals surface area contributed by atoms with Crippen LogP contribution in [-0.2, 0) is 13.0 Å². The van der Waals surface area contributed by atoms with E-state index < -0.39 is 6.10 Å². The first-order chi connectivity index (χ1) is 12.6. The van der Waals surface area contributed by atoms with Crippen molar-refractivity contribution in [3.63, 3.8) is 0 Å². The highest BCUT2D eigenvalue weighted by molar-refractivity contribution is 7.80. The van der Waals surface area contributed by atoms with E-state index in [9.17, 15) is 5.11 Å². The Morgan fingerprint density at radius 3 is 2.65 bits per heavy atom. The Morgan fingerprint density at radius 2 is 1.96 bits per heavy atom. The summed E-state index contributed by atoms with van der Waals surface area (Å²) in [6, 6.07) is 11.9. The largest absolute Gasteiger partial charge is 0.496 e. The SMILES string of the molecule is CCc1cccc(NC(=S)N2Cc3c(OC)ccc(OC)c3[C@H](O)C2)c1. The van der Waals surface area contributed by atoms with Crippen LogP contribution in [0.5, 0.6) is 11.5 Å². The monoisotopic (exact) mass is 372 g/mol. The van der Waals surface area contributed by atoms with Crippen molar-refractivity contribution < 1.29 is 14.6 Å². The van der Waals surface area contributed by atoms with Gasteiger partial charge >= 0.3 is 0 Å². The molecule has 0 bridgehead atoms. The summed E-state index contributed by atoms with van der Waals surface area (Å²) >= 11 is 5.59. The molecule has 0 amide bonds. The van der Waals surface area contributed by atoms with Gasteiger partial charge in [0.05, 0.1) is 20.8 Å². The van der Waals surface area contributed by atoms with Gasteiger partial charge in [-0.1, -0.05) is 19.1 Å². The molecule has 0 aromatic heterocycles. The molecule has 0 spiro atoms. The lowest BCUT2D eigenvalue weighted by atomic mass is 9.95. The van der Waals surface area contributed by atoms with Crippen LogP contribution in [0.25, 0.3) is 0 Å². The molecule has 0 saturated heterocycles. The van der Waals surface area contributed by atoms with Crippen molar-refractivity contribution in [2.24, 2.45) is 0 Å². The van der Waals surface area contributed by atoms with Crippen molar-refractivity contribution in [1.82, 2.24) is 4.90 Å². The molecule has 1 atom stereocenters. The second-order valence-electron chi connectivity index (χ2n) is 6.24. The highest BCUT2D eigenvalue weighted by Crippen LogP contribution is 2.39. The van der Waals surface area contributed by atoms with Crippen LogP contribution in [0.3, 0.4) is 0 Å². The number of anilines is 1. The number of aliphatic hydroxyl groups excluding tert-OH is 1. The molecule has 0 aliphatic carbocycles. The maximum Gasteiger partial charge on any atom is 0.173 e. The summed E-state index contributed by atoms with van der Waals surface area (Å²) in [5.41, 5.74) is 3.87. The summed E-state index contributed by atoms with van der Waals surface area (Å²) in [7, 11) is 3.23. The van der Waals surface area contributed by atoms with Gasteiger partial charge in [0.15, 0.2) is 5.11 Å². The van der Waals surface area contributed by atoms with Crippen molar-refractivity contribution in [2.45, 2.75) is 26.0 Å². The summed E-state index contributed by atoms with van der Waals surface area (Å²) in [6.45, 7) is 3.07. The number of hydrogen-bond donors (Lipinski definition) is 2. The molecule has 0 fully saturated rings. The van der Waals surface area contributed by atoms with Gasteiger partial charge in [0.2, 0.25) is 0 Å². The topological polar surface area (TPSA) is 54.0 Å². The van der Waals surface area contributed by atoms with Gasteiger partial charge < -0.3 is 24.8 Å². The lowest BCUT2D eigenvalue weighted by Gasteiger charge is -2.35. The van der Waals surface area contributed by atoms with Crippen molar-refractivity contribution in [3.8, 4) is 11.5 Å². The Labute approximate surface area is 159 Å². The average Bonchev–Trinajstić information content (AvgIpc) is 2.67. The molecule has 0 radical (unpaired) electrons. The van der Waals surface area contributed by atoms with Crippen LogP contribution in [-0.4, -0.2) is 35.9 Å². The smallest absolute Gasteiger partial charge is 0.173 e. The number of β-amino-alcohol motifs (C(OH)–C–C–N with tert-alkyl or cyclic N) is 1. The fourth-order valence-corrected chi connectivity index (χ4v) is 3.56. The van der Waals surface area contributed by atoms with E-state index in [4.69, 9.17) is 21.7 Å². The van der Waals surface area contributed by atoms with Crippen LogP contribution in [0.15, 0.2) is 36.4 Å². The molecule has 1 heterocycles. The van der Waals surface area contributed by atoms with E-state index in [1.807, 2.05) is 29.2 Å². The van der Waals surface area contributed by atoms with Gasteiger partial charge in [-0.25, -0.2) is 0 Å². The first-order valence-corrected chi connectivity index (χ1v) is 9.04. The first-order valence-electron chi connectivity index (χ1n) is 8.64. The Hall–Kier alpha value is -2.31. The molecular formula is C20H24N2O3S. The van der Waals surface area contributed by atoms with Crippen molar-refractivity contribution >= 4 is 23.0 Å². The summed E-state index contributed by atoms with van der Waals surface area (Å²) in [6.07, 6.45) is 0.264. The van der Waals surface area contributed by atoms with Gasteiger partial charge in [0.1, 0.15) is 17.6 Å². The number of fused-ring (bicyclic) bond motifs is 1. The molecule has 138 valence electrons. The molecule has 26 heavy (non-hydrogen) atoms. The summed E-state index contributed by atoms with van der Waals surface area (Å²) in [5, 5.41) is 14.6. The normalized spacial score (nSPS) is 16.0. The van der Waals surface area contributed by atoms with E-state index in [-0.39, 0.29) is 0 Å². The zero-order valence-corrected chi connectivity index (χ0v) is 16.1. The molecule has 3 rings (SSSR count). The number of rotatable bonds is 4. The second-order valence-corrected chi connectivity index (χ2v) is 6.63. The summed E-state index contributed by atoms with van der Waals surface area (Å²) in [5.74, 6) is 1.39. The van der Waals surface area contributed by atoms with Crippen molar-refractivity contribution in [1.29, 1.82) is 0 Å². The predicted molar refractivity (Wildman–Crippen MR) is 107 cm³/mol. The fraction of sp³-hybridized carbons (Fsp3) is 0.350. The molecule has 0 saturated carbocycles. The zero-order chi connectivity index (χ0) is 18.7. The molecule has 6 heteroatoms. The molecule has 1 aliphatic rings. The number of hydrogen-bond acceptors (Lipinski definition) is 4. The van der Waals surface area contributed by atoms with Crippen molar-refractivity contribution in [3.05, 3.63) is 53.1 Å². The summed E-state index contributed by atoms with van der Waals surface area (Å²) < 4.78 is 10.9. The van der Waals surface area contributed by atoms with E-state index in [2.05, 4.69) is 24.4 Å². The van der Waals surface area contributed by atoms with Crippen LogP contribution in [0, 0.1) is 0 Å². The minimum absolute atomic E-state index is 0.399. The van der Waals surface area contributed by atoms with E-state index in [0.717, 1.165) is 29.0 Å². The molecule has 2 aromatic rings. The number of benzene rings is 2. The van der Waals surface area contributed by atoms with E-state index in [1.54, 1.807) is 14.2 Å². The Kier molecular flexibility index (Phi) is 5.64. The zero-order valence-electron chi connectivity index (χ0n) is 15.3. The van der Waals surface area contributed by atoms with Crippen LogP contribution >= 0.6 is 12.2 Å². The predicted octanol–water partition coefficient (Wildman–Crippen LogP) is 3.51. The van der Waals surface area contributed by atoms with Gasteiger partial charge in [0, 0.05) is 23.4 Å². The highest BCUT2D eigenvalue weighted by Gasteiger charge is 2.30. The lowest BCUT2D eigenvalue weighted by Crippen LogP contribution is -2.41. The molecular weight excluding hydrogens is 348 g/mol. The number of ether oxygens (including phenoxy) is 2. The third-order valence-electron chi connectivity index (χ3n) is 4.66. The second kappa shape index (κ2) is 7.93. The number of thiocarbonyl (C=S) groups is 1. The number of nitrogens with one attached hydrogen (secondary N) is 1. The third kappa shape index (κ3) is 3.61. The fourth-order valence-electron chi connectivity index (χ4n) is 3.30. The van der Waals surface area contributed by atoms with E-state index >= 15 is 0 Å². The molecule has 0 unspecified atom stereocenters. The van der Waals surface area contributed by atoms with Gasteiger partial charge in [0.25, 0.3) is 0 Å². The standard InChI is InChI=1S/C20H24N2O3S/c1-4-13-6-5-7-14(10-13)21-20(26)22-11-15-17(24-2)8-9-18(25-3)19(15)16(23)12-22/h5-10,16,23H,4,11-12H2,1-3H3,(H,21,26)/t16-/m1/s1. The highest BCUT2D eigenvalue weighted by atomic mass is 32.1. The maximum absolute atomic E-state index is 10.7. The van der Waals surface area contributed by atoms with Crippen LogP contribution in [0.4, 0.5) is 5.69 Å². The maximum atomic E-state index is 10.7. The Balaban J connectivity index is 1.84. The molecule has 5 nitrogen and oxygen atoms in total. The number of nitrogens with zero attached hydrogens (tertiary/aromatic N) is 1. The first kappa shape index (κ1) is 18.5. The van der Waals surface area contributed by atoms with Gasteiger partial charge in [-0.3, -0.25) is 0 Å². The number of aliphatic hydroxyl groups is 1. The van der Waals surface area contributed by atoms with Gasteiger partial charge in [-0.2, -0.15) is 0 Å².